The van der Waals surface area contributed by atoms with Crippen molar-refractivity contribution in [2.75, 3.05) is 11.9 Å². The Morgan fingerprint density at radius 1 is 1.12 bits per heavy atom. The summed E-state index contributed by atoms with van der Waals surface area (Å²) in [5.41, 5.74) is 3.41. The average molecular weight is 355 g/mol. The summed E-state index contributed by atoms with van der Waals surface area (Å²) in [4.78, 5) is 25.0. The highest BCUT2D eigenvalue weighted by Crippen LogP contribution is 2.25. The molecule has 0 aliphatic heterocycles. The number of hydrogen-bond acceptors (Lipinski definition) is 4. The van der Waals surface area contributed by atoms with Gasteiger partial charge in [0, 0.05) is 10.6 Å². The molecule has 5 heteroatoms. The molecule has 3 rings (SSSR count). The van der Waals surface area contributed by atoms with Gasteiger partial charge in [-0.1, -0.05) is 24.3 Å². The first-order valence-corrected chi connectivity index (χ1v) is 9.30. The van der Waals surface area contributed by atoms with Crippen LogP contribution in [0.5, 0.6) is 0 Å². The van der Waals surface area contributed by atoms with Crippen molar-refractivity contribution in [3.63, 3.8) is 0 Å². The fraction of sp³-hybridized carbons (Fsp3) is 0.300. The van der Waals surface area contributed by atoms with Gasteiger partial charge in [-0.05, 0) is 61.6 Å². The van der Waals surface area contributed by atoms with Gasteiger partial charge < -0.3 is 10.1 Å². The van der Waals surface area contributed by atoms with Crippen LogP contribution in [-0.4, -0.2) is 23.7 Å². The molecule has 2 aromatic rings. The van der Waals surface area contributed by atoms with E-state index < -0.39 is 5.97 Å². The molecule has 0 bridgehead atoms. The third-order valence-corrected chi connectivity index (χ3v) is 5.21. The quantitative estimate of drug-likeness (QED) is 0.632. The van der Waals surface area contributed by atoms with Crippen LogP contribution >= 0.6 is 11.8 Å². The monoisotopic (exact) mass is 355 g/mol. The first-order valence-electron chi connectivity index (χ1n) is 8.42. The van der Waals surface area contributed by atoms with E-state index in [0.29, 0.717) is 0 Å². The van der Waals surface area contributed by atoms with E-state index in [-0.39, 0.29) is 17.8 Å². The number of carbonyl (C=O) groups is 2. The largest absolute Gasteiger partial charge is 0.455 e. The lowest BCUT2D eigenvalue weighted by molar-refractivity contribution is -0.146. The number of aryl methyl sites for hydroxylation is 2. The number of esters is 1. The highest BCUT2D eigenvalue weighted by Gasteiger charge is 2.18. The Hall–Kier alpha value is -2.27. The molecule has 0 radical (unpaired) electrons. The summed E-state index contributed by atoms with van der Waals surface area (Å²) in [6.07, 6.45) is 3.34. The fourth-order valence-electron chi connectivity index (χ4n) is 2.85. The maximum Gasteiger partial charge on any atom is 0.319 e. The summed E-state index contributed by atoms with van der Waals surface area (Å²) in [6.45, 7) is 1.51. The molecule has 2 aromatic carbocycles. The van der Waals surface area contributed by atoms with Crippen LogP contribution in [0.2, 0.25) is 0 Å². The van der Waals surface area contributed by atoms with Gasteiger partial charge in [-0.15, -0.1) is 11.8 Å². The number of ether oxygens (including phenoxy) is 1. The molecule has 130 valence electrons. The Labute approximate surface area is 152 Å². The number of nitrogens with one attached hydrogen (secondary N) is 1. The Bertz CT molecular complexity index is 761. The van der Waals surface area contributed by atoms with Crippen molar-refractivity contribution in [3.05, 3.63) is 59.7 Å². The number of anilines is 1. The normalized spacial score (nSPS) is 13.8. The molecule has 0 spiro atoms. The van der Waals surface area contributed by atoms with Gasteiger partial charge in [0.15, 0.2) is 6.61 Å². The van der Waals surface area contributed by atoms with E-state index in [4.69, 9.17) is 4.74 Å². The molecule has 0 heterocycles. The van der Waals surface area contributed by atoms with E-state index in [2.05, 4.69) is 11.4 Å². The Morgan fingerprint density at radius 3 is 2.68 bits per heavy atom. The third kappa shape index (κ3) is 4.86. The minimum absolute atomic E-state index is 0.268. The van der Waals surface area contributed by atoms with Gasteiger partial charge >= 0.3 is 5.97 Å². The molecule has 1 atom stereocenters. The van der Waals surface area contributed by atoms with Gasteiger partial charge in [0.05, 0.1) is 0 Å². The molecular weight excluding hydrogens is 334 g/mol. The molecule has 0 saturated carbocycles. The van der Waals surface area contributed by atoms with Gasteiger partial charge in [-0.3, -0.25) is 9.59 Å². The molecule has 0 saturated heterocycles. The van der Waals surface area contributed by atoms with Crippen molar-refractivity contribution in [2.45, 2.75) is 36.3 Å². The van der Waals surface area contributed by atoms with Crippen molar-refractivity contribution in [1.82, 2.24) is 0 Å². The first kappa shape index (κ1) is 17.5. The topological polar surface area (TPSA) is 55.4 Å². The molecular formula is C20H21NO3S. The summed E-state index contributed by atoms with van der Waals surface area (Å²) in [5.74, 6) is -0.707. The van der Waals surface area contributed by atoms with Crippen LogP contribution in [0, 0.1) is 0 Å². The highest BCUT2D eigenvalue weighted by atomic mass is 32.2. The summed E-state index contributed by atoms with van der Waals surface area (Å²) in [5, 5.41) is 2.43. The van der Waals surface area contributed by atoms with Gasteiger partial charge in [0.2, 0.25) is 0 Å². The maximum absolute atomic E-state index is 12.0. The van der Waals surface area contributed by atoms with Gasteiger partial charge in [0.1, 0.15) is 5.25 Å². The van der Waals surface area contributed by atoms with Crippen molar-refractivity contribution in [1.29, 1.82) is 0 Å². The summed E-state index contributed by atoms with van der Waals surface area (Å²) >= 11 is 1.41. The second-order valence-electron chi connectivity index (χ2n) is 6.07. The summed E-state index contributed by atoms with van der Waals surface area (Å²) in [7, 11) is 0. The minimum atomic E-state index is -0.391. The van der Waals surface area contributed by atoms with Crippen LogP contribution < -0.4 is 5.32 Å². The molecule has 1 N–H and O–H groups in total. The average Bonchev–Trinajstić information content (AvgIpc) is 3.08. The standard InChI is InChI=1S/C20H21NO3S/c1-14(25-18-8-3-2-4-9-18)20(23)24-13-19(22)21-17-11-10-15-6-5-7-16(15)12-17/h2-4,8-12,14H,5-7,13H2,1H3,(H,21,22)/t14-/m0/s1. The van der Waals surface area contributed by atoms with Crippen LogP contribution in [0.3, 0.4) is 0 Å². The number of amides is 1. The fourth-order valence-corrected chi connectivity index (χ4v) is 3.74. The predicted molar refractivity (Wildman–Crippen MR) is 99.8 cm³/mol. The Kier molecular flexibility index (Phi) is 5.76. The Balaban J connectivity index is 1.46. The van der Waals surface area contributed by atoms with Crippen molar-refractivity contribution < 1.29 is 14.3 Å². The number of benzene rings is 2. The number of thioether (sulfide) groups is 1. The van der Waals surface area contributed by atoms with Gasteiger partial charge in [-0.25, -0.2) is 0 Å². The van der Waals surface area contributed by atoms with Gasteiger partial charge in [0.25, 0.3) is 5.91 Å². The zero-order valence-corrected chi connectivity index (χ0v) is 15.0. The van der Waals surface area contributed by atoms with Crippen molar-refractivity contribution in [2.24, 2.45) is 0 Å². The van der Waals surface area contributed by atoms with Gasteiger partial charge in [-0.2, -0.15) is 0 Å². The third-order valence-electron chi connectivity index (χ3n) is 4.12. The van der Waals surface area contributed by atoms with Crippen molar-refractivity contribution in [3.8, 4) is 0 Å². The predicted octanol–water partition coefficient (Wildman–Crippen LogP) is 3.84. The van der Waals surface area contributed by atoms with E-state index >= 15 is 0 Å². The summed E-state index contributed by atoms with van der Waals surface area (Å²) in [6, 6.07) is 15.6. The lowest BCUT2D eigenvalue weighted by atomic mass is 10.1. The van der Waals surface area contributed by atoms with Crippen LogP contribution in [0.15, 0.2) is 53.4 Å². The van der Waals surface area contributed by atoms with E-state index in [0.717, 1.165) is 23.4 Å². The molecule has 25 heavy (non-hydrogen) atoms. The molecule has 4 nitrogen and oxygen atoms in total. The highest BCUT2D eigenvalue weighted by molar-refractivity contribution is 8.00. The number of carbonyl (C=O) groups excluding carboxylic acids is 2. The summed E-state index contributed by atoms with van der Waals surface area (Å²) < 4.78 is 5.13. The minimum Gasteiger partial charge on any atom is -0.455 e. The SMILES string of the molecule is C[C@H](Sc1ccccc1)C(=O)OCC(=O)Nc1ccc2c(c1)CCC2. The lowest BCUT2D eigenvalue weighted by Gasteiger charge is -2.12. The zero-order valence-electron chi connectivity index (χ0n) is 14.2. The number of rotatable bonds is 6. The molecule has 1 aliphatic carbocycles. The molecule has 0 unspecified atom stereocenters. The maximum atomic E-state index is 12.0. The molecule has 0 aromatic heterocycles. The lowest BCUT2D eigenvalue weighted by Crippen LogP contribution is -2.24. The van der Waals surface area contributed by atoms with E-state index in [1.807, 2.05) is 42.5 Å². The van der Waals surface area contributed by atoms with Crippen LogP contribution in [0.4, 0.5) is 5.69 Å². The smallest absolute Gasteiger partial charge is 0.319 e. The van der Waals surface area contributed by atoms with E-state index in [1.165, 1.54) is 29.3 Å². The number of hydrogen-bond donors (Lipinski definition) is 1. The van der Waals surface area contributed by atoms with Crippen LogP contribution in [0.1, 0.15) is 24.5 Å². The van der Waals surface area contributed by atoms with E-state index in [1.54, 1.807) is 6.92 Å². The molecule has 1 aliphatic rings. The zero-order chi connectivity index (χ0) is 17.6. The van der Waals surface area contributed by atoms with Crippen LogP contribution in [-0.2, 0) is 27.2 Å². The Morgan fingerprint density at radius 2 is 1.88 bits per heavy atom. The second kappa shape index (κ2) is 8.21. The van der Waals surface area contributed by atoms with Crippen molar-refractivity contribution >= 4 is 29.3 Å². The molecule has 0 fully saturated rings. The molecule has 1 amide bonds. The van der Waals surface area contributed by atoms with E-state index in [9.17, 15) is 9.59 Å². The van der Waals surface area contributed by atoms with Crippen LogP contribution in [0.25, 0.3) is 0 Å². The second-order valence-corrected chi connectivity index (χ2v) is 7.48. The number of fused-ring (bicyclic) bond motifs is 1. The first-order chi connectivity index (χ1) is 12.1.